The average molecular weight is 209 g/mol. The molecule has 0 aliphatic carbocycles. The molecule has 0 aliphatic rings. The molecule has 2 N–H and O–H groups in total. The van der Waals surface area contributed by atoms with E-state index in [1.54, 1.807) is 0 Å². The average Bonchev–Trinajstić information content (AvgIpc) is 2.20. The molecule has 0 aromatic heterocycles. The monoisotopic (exact) mass is 209 g/mol. The third-order valence-corrected chi connectivity index (χ3v) is 3.16. The first-order valence-electron chi connectivity index (χ1n) is 4.53. The number of nitrogens with two attached hydrogens (primary N) is 1. The molecule has 0 fully saturated rings. The van der Waals surface area contributed by atoms with Crippen LogP contribution in [0.25, 0.3) is 5.57 Å². The smallest absolute Gasteiger partial charge is 0.157 e. The fourth-order valence-corrected chi connectivity index (χ4v) is 1.91. The van der Waals surface area contributed by atoms with E-state index in [9.17, 15) is 4.55 Å². The van der Waals surface area contributed by atoms with Crippen molar-refractivity contribution in [3.63, 3.8) is 0 Å². The summed E-state index contributed by atoms with van der Waals surface area (Å²) in [5, 5.41) is 5.26. The summed E-state index contributed by atoms with van der Waals surface area (Å²) < 4.78 is 11.2. The molecule has 2 atom stereocenters. The van der Waals surface area contributed by atoms with Crippen molar-refractivity contribution in [1.82, 2.24) is 0 Å². The molecule has 1 aromatic carbocycles. The maximum absolute atomic E-state index is 11.2. The SMILES string of the molecule is C/C=C(/c1ccccc1)C(C)[S+](N)[O-]. The lowest BCUT2D eigenvalue weighted by atomic mass is 10.0. The lowest BCUT2D eigenvalue weighted by Crippen LogP contribution is -2.26. The van der Waals surface area contributed by atoms with Crippen LogP contribution in [-0.4, -0.2) is 9.80 Å². The molecule has 76 valence electrons. The molecule has 2 nitrogen and oxygen atoms in total. The van der Waals surface area contributed by atoms with E-state index >= 15 is 0 Å². The zero-order valence-corrected chi connectivity index (χ0v) is 9.25. The Morgan fingerprint density at radius 2 is 2.00 bits per heavy atom. The summed E-state index contributed by atoms with van der Waals surface area (Å²) in [6.07, 6.45) is 1.96. The molecule has 0 aliphatic heterocycles. The van der Waals surface area contributed by atoms with E-state index in [0.29, 0.717) is 0 Å². The third kappa shape index (κ3) is 2.61. The Balaban J connectivity index is 2.95. The van der Waals surface area contributed by atoms with Gasteiger partial charge in [0, 0.05) is 16.9 Å². The van der Waals surface area contributed by atoms with E-state index in [-0.39, 0.29) is 5.25 Å². The van der Waals surface area contributed by atoms with Crippen molar-refractivity contribution in [3.8, 4) is 0 Å². The van der Waals surface area contributed by atoms with Gasteiger partial charge in [-0.3, -0.25) is 0 Å². The van der Waals surface area contributed by atoms with Gasteiger partial charge in [-0.1, -0.05) is 36.4 Å². The van der Waals surface area contributed by atoms with Gasteiger partial charge in [0.05, 0.1) is 0 Å². The first-order valence-corrected chi connectivity index (χ1v) is 5.81. The predicted molar refractivity (Wildman–Crippen MR) is 61.9 cm³/mol. The Hall–Kier alpha value is -0.770. The van der Waals surface area contributed by atoms with Crippen molar-refractivity contribution >= 4 is 16.9 Å². The lowest BCUT2D eigenvalue weighted by Gasteiger charge is -2.16. The zero-order chi connectivity index (χ0) is 10.6. The van der Waals surface area contributed by atoms with Crippen LogP contribution in [0.3, 0.4) is 0 Å². The predicted octanol–water partition coefficient (Wildman–Crippen LogP) is 2.10. The fraction of sp³-hybridized carbons (Fsp3) is 0.273. The molecule has 3 heteroatoms. The Morgan fingerprint density at radius 3 is 2.43 bits per heavy atom. The quantitative estimate of drug-likeness (QED) is 0.775. The second kappa shape index (κ2) is 5.20. The highest BCUT2D eigenvalue weighted by atomic mass is 32.2. The van der Waals surface area contributed by atoms with Crippen molar-refractivity contribution < 1.29 is 4.55 Å². The highest BCUT2D eigenvalue weighted by molar-refractivity contribution is 7.90. The van der Waals surface area contributed by atoms with Crippen LogP contribution in [0.5, 0.6) is 0 Å². The fourth-order valence-electron chi connectivity index (χ4n) is 1.39. The van der Waals surface area contributed by atoms with Gasteiger partial charge < -0.3 is 4.55 Å². The van der Waals surface area contributed by atoms with Crippen LogP contribution < -0.4 is 5.14 Å². The lowest BCUT2D eigenvalue weighted by molar-refractivity contribution is 0.593. The van der Waals surface area contributed by atoms with Crippen molar-refractivity contribution in [3.05, 3.63) is 42.0 Å². The summed E-state index contributed by atoms with van der Waals surface area (Å²) in [5.74, 6) is 0. The Bertz CT molecular complexity index is 308. The minimum atomic E-state index is -1.31. The summed E-state index contributed by atoms with van der Waals surface area (Å²) in [6.45, 7) is 3.81. The van der Waals surface area contributed by atoms with E-state index in [4.69, 9.17) is 5.14 Å². The van der Waals surface area contributed by atoms with Gasteiger partial charge in [0.15, 0.2) is 5.25 Å². The largest absolute Gasteiger partial charge is 0.598 e. The van der Waals surface area contributed by atoms with Crippen LogP contribution in [0, 0.1) is 0 Å². The third-order valence-electron chi connectivity index (χ3n) is 2.20. The minimum Gasteiger partial charge on any atom is -0.598 e. The minimum absolute atomic E-state index is 0.123. The van der Waals surface area contributed by atoms with Crippen molar-refractivity contribution in [2.75, 3.05) is 0 Å². The molecule has 0 amide bonds. The summed E-state index contributed by atoms with van der Waals surface area (Å²) in [4.78, 5) is 0. The number of benzene rings is 1. The van der Waals surface area contributed by atoms with Crippen molar-refractivity contribution in [2.24, 2.45) is 5.14 Å². The van der Waals surface area contributed by atoms with Gasteiger partial charge in [-0.05, 0) is 19.4 Å². The summed E-state index contributed by atoms with van der Waals surface area (Å²) in [7, 11) is 0. The number of hydrogen-bond donors (Lipinski definition) is 1. The normalized spacial score (nSPS) is 16.4. The first kappa shape index (κ1) is 11.3. The van der Waals surface area contributed by atoms with Gasteiger partial charge in [-0.2, -0.15) is 5.14 Å². The molecular weight excluding hydrogens is 194 g/mol. The van der Waals surface area contributed by atoms with Gasteiger partial charge in [0.1, 0.15) is 0 Å². The van der Waals surface area contributed by atoms with Crippen LogP contribution in [0.1, 0.15) is 19.4 Å². The molecule has 0 radical (unpaired) electrons. The standard InChI is InChI=1S/C11H15NOS/c1-3-11(9(2)14(12)13)10-7-5-4-6-8-10/h3-9H,12H2,1-2H3/b11-3+. The summed E-state index contributed by atoms with van der Waals surface area (Å²) in [6, 6.07) is 9.88. The first-order chi connectivity index (χ1) is 6.66. The van der Waals surface area contributed by atoms with Gasteiger partial charge in [0.25, 0.3) is 0 Å². The topological polar surface area (TPSA) is 49.1 Å². The van der Waals surface area contributed by atoms with E-state index in [0.717, 1.165) is 11.1 Å². The number of rotatable bonds is 3. The second-order valence-corrected chi connectivity index (χ2v) is 4.44. The van der Waals surface area contributed by atoms with Gasteiger partial charge >= 0.3 is 0 Å². The molecule has 0 bridgehead atoms. The van der Waals surface area contributed by atoms with Crippen molar-refractivity contribution in [2.45, 2.75) is 19.1 Å². The van der Waals surface area contributed by atoms with Gasteiger partial charge in [-0.25, -0.2) is 0 Å². The molecule has 0 saturated heterocycles. The van der Waals surface area contributed by atoms with Crippen LogP contribution in [0.2, 0.25) is 0 Å². The summed E-state index contributed by atoms with van der Waals surface area (Å²) in [5.41, 5.74) is 2.12. The highest BCUT2D eigenvalue weighted by Crippen LogP contribution is 2.21. The Morgan fingerprint density at radius 1 is 1.43 bits per heavy atom. The van der Waals surface area contributed by atoms with Crippen molar-refractivity contribution in [1.29, 1.82) is 0 Å². The van der Waals surface area contributed by atoms with Crippen LogP contribution in [0.15, 0.2) is 36.4 Å². The van der Waals surface area contributed by atoms with E-state index < -0.39 is 11.4 Å². The summed E-state index contributed by atoms with van der Waals surface area (Å²) >= 11 is -1.31. The molecule has 2 unspecified atom stereocenters. The maximum atomic E-state index is 11.2. The van der Waals surface area contributed by atoms with E-state index in [2.05, 4.69) is 0 Å². The number of hydrogen-bond acceptors (Lipinski definition) is 2. The molecule has 14 heavy (non-hydrogen) atoms. The number of allylic oxidation sites excluding steroid dienone is 1. The molecule has 1 rings (SSSR count). The zero-order valence-electron chi connectivity index (χ0n) is 8.44. The second-order valence-electron chi connectivity index (χ2n) is 3.08. The van der Waals surface area contributed by atoms with Gasteiger partial charge in [0.2, 0.25) is 0 Å². The van der Waals surface area contributed by atoms with E-state index in [1.807, 2.05) is 50.3 Å². The highest BCUT2D eigenvalue weighted by Gasteiger charge is 2.19. The molecule has 0 saturated carbocycles. The Labute approximate surface area is 88.1 Å². The van der Waals surface area contributed by atoms with E-state index in [1.165, 1.54) is 0 Å². The van der Waals surface area contributed by atoms with Crippen LogP contribution >= 0.6 is 0 Å². The Kier molecular flexibility index (Phi) is 4.20. The van der Waals surface area contributed by atoms with Gasteiger partial charge in [-0.15, -0.1) is 0 Å². The molecule has 1 aromatic rings. The maximum Gasteiger partial charge on any atom is 0.157 e. The van der Waals surface area contributed by atoms with Crippen LogP contribution in [-0.2, 0) is 11.4 Å². The molecule has 0 spiro atoms. The van der Waals surface area contributed by atoms with Crippen LogP contribution in [0.4, 0.5) is 0 Å². The molecule has 0 heterocycles. The molecular formula is C11H15NOS.